The predicted molar refractivity (Wildman–Crippen MR) is 140 cm³/mol. The summed E-state index contributed by atoms with van der Waals surface area (Å²) in [7, 11) is 0. The van der Waals surface area contributed by atoms with E-state index in [-0.39, 0.29) is 0 Å². The maximum absolute atomic E-state index is 2.44. The Morgan fingerprint density at radius 3 is 1.79 bits per heavy atom. The summed E-state index contributed by atoms with van der Waals surface area (Å²) in [5.74, 6) is 0. The standard InChI is InChI=1S/C33H26/c1-2-23-17-19-24(20-18-23)29-22-30-28-16-10-9-15-27(28)21-31(30)33(26-13-7-4-8-14-26)32(29)25-11-5-3-6-12-25/h3-20,22H,2,21H2,1H3. The lowest BCUT2D eigenvalue weighted by Gasteiger charge is -2.21. The van der Waals surface area contributed by atoms with Crippen molar-refractivity contribution >= 4 is 0 Å². The highest BCUT2D eigenvalue weighted by Gasteiger charge is 2.27. The summed E-state index contributed by atoms with van der Waals surface area (Å²) in [6.07, 6.45) is 2.03. The summed E-state index contributed by atoms with van der Waals surface area (Å²) in [4.78, 5) is 0. The predicted octanol–water partition coefficient (Wildman–Crippen LogP) is 8.82. The van der Waals surface area contributed by atoms with Crippen LogP contribution in [0.5, 0.6) is 0 Å². The summed E-state index contributed by atoms with van der Waals surface area (Å²) in [6, 6.07) is 42.3. The van der Waals surface area contributed by atoms with Crippen LogP contribution in [0.25, 0.3) is 44.5 Å². The van der Waals surface area contributed by atoms with E-state index in [1.165, 1.54) is 61.2 Å². The Morgan fingerprint density at radius 1 is 0.515 bits per heavy atom. The van der Waals surface area contributed by atoms with Crippen LogP contribution in [0.1, 0.15) is 23.6 Å². The first kappa shape index (κ1) is 19.8. The van der Waals surface area contributed by atoms with Gasteiger partial charge in [0.1, 0.15) is 0 Å². The van der Waals surface area contributed by atoms with Crippen molar-refractivity contribution in [2.24, 2.45) is 0 Å². The van der Waals surface area contributed by atoms with Crippen LogP contribution in [0.2, 0.25) is 0 Å². The topological polar surface area (TPSA) is 0 Å². The van der Waals surface area contributed by atoms with Crippen molar-refractivity contribution in [3.8, 4) is 44.5 Å². The van der Waals surface area contributed by atoms with Crippen LogP contribution in [0.15, 0.2) is 115 Å². The lowest BCUT2D eigenvalue weighted by molar-refractivity contribution is 1.14. The number of hydrogen-bond donors (Lipinski definition) is 0. The molecule has 5 aromatic carbocycles. The van der Waals surface area contributed by atoms with Crippen LogP contribution < -0.4 is 0 Å². The molecule has 33 heavy (non-hydrogen) atoms. The van der Waals surface area contributed by atoms with Crippen LogP contribution >= 0.6 is 0 Å². The molecule has 5 aromatic rings. The molecule has 6 rings (SSSR count). The number of hydrogen-bond acceptors (Lipinski definition) is 0. The van der Waals surface area contributed by atoms with E-state index in [0.717, 1.165) is 12.8 Å². The Balaban J connectivity index is 1.73. The molecule has 158 valence electrons. The van der Waals surface area contributed by atoms with Gasteiger partial charge in [0.15, 0.2) is 0 Å². The Bertz CT molecular complexity index is 1430. The van der Waals surface area contributed by atoms with E-state index in [1.54, 1.807) is 0 Å². The Hall–Kier alpha value is -3.90. The van der Waals surface area contributed by atoms with Crippen LogP contribution in [0, 0.1) is 0 Å². The highest BCUT2D eigenvalue weighted by Crippen LogP contribution is 2.50. The smallest absolute Gasteiger partial charge is 0.000705 e. The van der Waals surface area contributed by atoms with E-state index in [0.29, 0.717) is 0 Å². The minimum Gasteiger partial charge on any atom is -0.0622 e. The molecule has 0 saturated heterocycles. The monoisotopic (exact) mass is 422 g/mol. The fourth-order valence-corrected chi connectivity index (χ4v) is 5.25. The van der Waals surface area contributed by atoms with Gasteiger partial charge in [-0.2, -0.15) is 0 Å². The molecule has 0 aliphatic heterocycles. The Kier molecular flexibility index (Phi) is 4.92. The van der Waals surface area contributed by atoms with Crippen molar-refractivity contribution < 1.29 is 0 Å². The molecule has 0 heterocycles. The molecule has 0 N–H and O–H groups in total. The van der Waals surface area contributed by atoms with Crippen LogP contribution in [0.4, 0.5) is 0 Å². The van der Waals surface area contributed by atoms with Gasteiger partial charge in [-0.25, -0.2) is 0 Å². The molecule has 0 amide bonds. The van der Waals surface area contributed by atoms with Crippen LogP contribution in [-0.2, 0) is 12.8 Å². The fourth-order valence-electron chi connectivity index (χ4n) is 5.25. The number of aryl methyl sites for hydroxylation is 1. The first-order valence-corrected chi connectivity index (χ1v) is 11.8. The van der Waals surface area contributed by atoms with Crippen molar-refractivity contribution in [1.29, 1.82) is 0 Å². The van der Waals surface area contributed by atoms with Crippen LogP contribution in [-0.4, -0.2) is 0 Å². The van der Waals surface area contributed by atoms with E-state index in [9.17, 15) is 0 Å². The van der Waals surface area contributed by atoms with Gasteiger partial charge in [0, 0.05) is 0 Å². The molecule has 0 spiro atoms. The third-order valence-electron chi connectivity index (χ3n) is 6.91. The minimum atomic E-state index is 0.977. The second-order valence-electron chi connectivity index (χ2n) is 8.82. The molecule has 0 bridgehead atoms. The highest BCUT2D eigenvalue weighted by molar-refractivity contribution is 6.01. The minimum absolute atomic E-state index is 0.977. The zero-order valence-corrected chi connectivity index (χ0v) is 18.9. The van der Waals surface area contributed by atoms with Gasteiger partial charge in [-0.15, -0.1) is 0 Å². The van der Waals surface area contributed by atoms with Crippen molar-refractivity contribution in [1.82, 2.24) is 0 Å². The first-order valence-electron chi connectivity index (χ1n) is 11.8. The van der Waals surface area contributed by atoms with E-state index in [4.69, 9.17) is 0 Å². The molecule has 0 radical (unpaired) electrons. The maximum Gasteiger partial charge on any atom is -0.000705 e. The molecular formula is C33H26. The lowest BCUT2D eigenvalue weighted by atomic mass is 9.82. The molecule has 0 unspecified atom stereocenters. The summed E-state index contributed by atoms with van der Waals surface area (Å²) in [5.41, 5.74) is 14.8. The average Bonchev–Trinajstić information content (AvgIpc) is 3.27. The summed E-state index contributed by atoms with van der Waals surface area (Å²) < 4.78 is 0. The van der Waals surface area contributed by atoms with Crippen LogP contribution in [0.3, 0.4) is 0 Å². The van der Waals surface area contributed by atoms with Gasteiger partial charge < -0.3 is 0 Å². The number of rotatable bonds is 4. The summed E-state index contributed by atoms with van der Waals surface area (Å²) in [6.45, 7) is 2.21. The van der Waals surface area contributed by atoms with Gasteiger partial charge in [0.2, 0.25) is 0 Å². The van der Waals surface area contributed by atoms with E-state index >= 15 is 0 Å². The van der Waals surface area contributed by atoms with Crippen molar-refractivity contribution in [2.75, 3.05) is 0 Å². The van der Waals surface area contributed by atoms with Gasteiger partial charge in [-0.05, 0) is 80.1 Å². The van der Waals surface area contributed by atoms with E-state index in [1.807, 2.05) is 0 Å². The first-order chi connectivity index (χ1) is 16.3. The molecule has 0 heteroatoms. The average molecular weight is 423 g/mol. The molecule has 0 saturated carbocycles. The molecule has 0 atom stereocenters. The third kappa shape index (κ3) is 3.39. The third-order valence-corrected chi connectivity index (χ3v) is 6.91. The number of benzene rings is 5. The van der Waals surface area contributed by atoms with Crippen molar-refractivity contribution in [3.63, 3.8) is 0 Å². The number of fused-ring (bicyclic) bond motifs is 3. The van der Waals surface area contributed by atoms with Gasteiger partial charge in [0.05, 0.1) is 0 Å². The molecule has 0 nitrogen and oxygen atoms in total. The Morgan fingerprint density at radius 2 is 1.12 bits per heavy atom. The summed E-state index contributed by atoms with van der Waals surface area (Å²) >= 11 is 0. The maximum atomic E-state index is 2.44. The molecular weight excluding hydrogens is 396 g/mol. The highest BCUT2D eigenvalue weighted by atomic mass is 14.3. The molecule has 0 aromatic heterocycles. The zero-order chi connectivity index (χ0) is 22.2. The van der Waals surface area contributed by atoms with Gasteiger partial charge in [0.25, 0.3) is 0 Å². The van der Waals surface area contributed by atoms with E-state index in [2.05, 4.69) is 122 Å². The summed E-state index contributed by atoms with van der Waals surface area (Å²) in [5, 5.41) is 0. The van der Waals surface area contributed by atoms with Crippen molar-refractivity contribution in [3.05, 3.63) is 132 Å². The van der Waals surface area contributed by atoms with E-state index < -0.39 is 0 Å². The van der Waals surface area contributed by atoms with Crippen molar-refractivity contribution in [2.45, 2.75) is 19.8 Å². The lowest BCUT2D eigenvalue weighted by Crippen LogP contribution is -1.97. The fraction of sp³-hybridized carbons (Fsp3) is 0.0909. The van der Waals surface area contributed by atoms with Gasteiger partial charge in [-0.1, -0.05) is 116 Å². The normalized spacial score (nSPS) is 11.8. The second-order valence-corrected chi connectivity index (χ2v) is 8.82. The zero-order valence-electron chi connectivity index (χ0n) is 18.9. The Labute approximate surface area is 196 Å². The SMILES string of the molecule is CCc1ccc(-c2cc3c(c(-c4ccccc4)c2-c2ccccc2)Cc2ccccc2-3)cc1. The van der Waals surface area contributed by atoms with Gasteiger partial charge in [-0.3, -0.25) is 0 Å². The largest absolute Gasteiger partial charge is 0.0622 e. The quantitative estimate of drug-likeness (QED) is 0.266. The second kappa shape index (κ2) is 8.22. The van der Waals surface area contributed by atoms with Gasteiger partial charge >= 0.3 is 0 Å². The molecule has 0 fully saturated rings. The molecule has 1 aliphatic rings. The molecule has 1 aliphatic carbocycles.